The van der Waals surface area contributed by atoms with Crippen molar-refractivity contribution in [2.45, 2.75) is 31.8 Å². The summed E-state index contributed by atoms with van der Waals surface area (Å²) in [6, 6.07) is 14.6. The second-order valence-corrected chi connectivity index (χ2v) is 8.37. The predicted octanol–water partition coefficient (Wildman–Crippen LogP) is 4.98. The van der Waals surface area contributed by atoms with E-state index in [2.05, 4.69) is 27.2 Å². The van der Waals surface area contributed by atoms with Crippen LogP contribution in [0.4, 0.5) is 5.69 Å². The van der Waals surface area contributed by atoms with Crippen molar-refractivity contribution in [3.05, 3.63) is 69.5 Å². The fourth-order valence-electron chi connectivity index (χ4n) is 3.83. The number of non-ortho nitro benzene ring substituents is 1. The standard InChI is InChI=1S/C21H19N5O3S/c27-26(28)15-10-8-14(9-11-15)20-24-23-19(29-20)13-25-12-4-3-6-17(25)21-22-16-5-1-2-7-18(16)30-21/h1-2,5,7-11,17H,3-4,6,12-13H2. The first-order chi connectivity index (χ1) is 14.7. The lowest BCUT2D eigenvalue weighted by Gasteiger charge is -2.33. The first-order valence-electron chi connectivity index (χ1n) is 9.84. The predicted molar refractivity (Wildman–Crippen MR) is 113 cm³/mol. The Bertz CT molecular complexity index is 1150. The number of fused-ring (bicyclic) bond motifs is 1. The molecule has 0 aliphatic carbocycles. The Balaban J connectivity index is 1.35. The number of piperidine rings is 1. The van der Waals surface area contributed by atoms with Crippen molar-refractivity contribution in [2.24, 2.45) is 0 Å². The van der Waals surface area contributed by atoms with Crippen LogP contribution in [0.25, 0.3) is 21.7 Å². The van der Waals surface area contributed by atoms with Crippen molar-refractivity contribution in [2.75, 3.05) is 6.54 Å². The minimum Gasteiger partial charge on any atom is -0.419 e. The molecule has 4 aromatic rings. The molecule has 1 saturated heterocycles. The van der Waals surface area contributed by atoms with Crippen LogP contribution in [0, 0.1) is 10.1 Å². The molecular weight excluding hydrogens is 402 g/mol. The van der Waals surface area contributed by atoms with Crippen LogP contribution in [0.1, 0.15) is 36.2 Å². The number of para-hydroxylation sites is 1. The molecule has 5 rings (SSSR count). The lowest BCUT2D eigenvalue weighted by Crippen LogP contribution is -2.33. The number of hydrogen-bond donors (Lipinski definition) is 0. The summed E-state index contributed by atoms with van der Waals surface area (Å²) in [6.07, 6.45) is 3.36. The van der Waals surface area contributed by atoms with Gasteiger partial charge in [0.2, 0.25) is 11.8 Å². The molecule has 30 heavy (non-hydrogen) atoms. The minimum absolute atomic E-state index is 0.0329. The van der Waals surface area contributed by atoms with Gasteiger partial charge in [-0.3, -0.25) is 15.0 Å². The minimum atomic E-state index is -0.429. The summed E-state index contributed by atoms with van der Waals surface area (Å²) in [5.74, 6) is 0.907. The molecule has 1 unspecified atom stereocenters. The Morgan fingerprint density at radius 1 is 1.13 bits per heavy atom. The number of aromatic nitrogens is 3. The first-order valence-corrected chi connectivity index (χ1v) is 10.7. The van der Waals surface area contributed by atoms with E-state index in [9.17, 15) is 10.1 Å². The zero-order chi connectivity index (χ0) is 20.5. The van der Waals surface area contributed by atoms with E-state index in [0.29, 0.717) is 23.9 Å². The van der Waals surface area contributed by atoms with Gasteiger partial charge in [0, 0.05) is 17.7 Å². The molecule has 9 heteroatoms. The van der Waals surface area contributed by atoms with Gasteiger partial charge in [0.05, 0.1) is 27.7 Å². The number of benzene rings is 2. The molecule has 0 spiro atoms. The molecule has 0 amide bonds. The first kappa shape index (κ1) is 18.8. The average Bonchev–Trinajstić information content (AvgIpc) is 3.41. The molecule has 1 aliphatic rings. The molecule has 152 valence electrons. The maximum atomic E-state index is 10.8. The normalized spacial score (nSPS) is 17.4. The molecule has 1 fully saturated rings. The Labute approximate surface area is 176 Å². The van der Waals surface area contributed by atoms with E-state index in [1.807, 2.05) is 12.1 Å². The zero-order valence-electron chi connectivity index (χ0n) is 16.1. The van der Waals surface area contributed by atoms with E-state index < -0.39 is 4.92 Å². The summed E-state index contributed by atoms with van der Waals surface area (Å²) in [5.41, 5.74) is 1.74. The number of nitro groups is 1. The van der Waals surface area contributed by atoms with Crippen molar-refractivity contribution in [1.29, 1.82) is 0 Å². The number of thiazole rings is 1. The average molecular weight is 421 g/mol. The molecule has 3 heterocycles. The molecule has 0 radical (unpaired) electrons. The van der Waals surface area contributed by atoms with Gasteiger partial charge >= 0.3 is 0 Å². The highest BCUT2D eigenvalue weighted by Crippen LogP contribution is 2.36. The van der Waals surface area contributed by atoms with Crippen LogP contribution in [-0.4, -0.2) is 31.5 Å². The van der Waals surface area contributed by atoms with Crippen LogP contribution < -0.4 is 0 Å². The van der Waals surface area contributed by atoms with Gasteiger partial charge in [-0.2, -0.15) is 0 Å². The number of nitrogens with zero attached hydrogens (tertiary/aromatic N) is 5. The van der Waals surface area contributed by atoms with Crippen molar-refractivity contribution in [1.82, 2.24) is 20.1 Å². The molecule has 0 bridgehead atoms. The van der Waals surface area contributed by atoms with E-state index in [1.54, 1.807) is 23.5 Å². The van der Waals surface area contributed by atoms with E-state index in [-0.39, 0.29) is 11.7 Å². The van der Waals surface area contributed by atoms with Crippen LogP contribution in [0.15, 0.2) is 52.9 Å². The number of rotatable bonds is 5. The lowest BCUT2D eigenvalue weighted by molar-refractivity contribution is -0.384. The quantitative estimate of drug-likeness (QED) is 0.331. The summed E-state index contributed by atoms with van der Waals surface area (Å²) >= 11 is 1.75. The van der Waals surface area contributed by atoms with Crippen molar-refractivity contribution < 1.29 is 9.34 Å². The Morgan fingerprint density at radius 3 is 2.77 bits per heavy atom. The Hall–Kier alpha value is -3.17. The van der Waals surface area contributed by atoms with Gasteiger partial charge in [-0.25, -0.2) is 4.98 Å². The largest absolute Gasteiger partial charge is 0.419 e. The summed E-state index contributed by atoms with van der Waals surface area (Å²) in [7, 11) is 0. The molecule has 1 atom stereocenters. The fraction of sp³-hybridized carbons (Fsp3) is 0.286. The van der Waals surface area contributed by atoms with Gasteiger partial charge in [0.15, 0.2) is 0 Å². The SMILES string of the molecule is O=[N+]([O-])c1ccc(-c2nnc(CN3CCCCC3c3nc4ccccc4s3)o2)cc1. The van der Waals surface area contributed by atoms with Gasteiger partial charge in [-0.05, 0) is 43.7 Å². The van der Waals surface area contributed by atoms with E-state index in [4.69, 9.17) is 9.40 Å². The lowest BCUT2D eigenvalue weighted by atomic mass is 10.0. The smallest absolute Gasteiger partial charge is 0.269 e. The van der Waals surface area contributed by atoms with Crippen molar-refractivity contribution in [3.8, 4) is 11.5 Å². The zero-order valence-corrected chi connectivity index (χ0v) is 16.9. The summed E-state index contributed by atoms with van der Waals surface area (Å²) in [5, 5.41) is 20.3. The van der Waals surface area contributed by atoms with Gasteiger partial charge in [0.1, 0.15) is 5.01 Å². The number of nitro benzene ring substituents is 1. The van der Waals surface area contributed by atoms with E-state index in [1.165, 1.54) is 23.3 Å². The van der Waals surface area contributed by atoms with Gasteiger partial charge in [0.25, 0.3) is 5.69 Å². The second kappa shape index (κ2) is 7.92. The molecule has 0 saturated carbocycles. The fourth-order valence-corrected chi connectivity index (χ4v) is 4.96. The summed E-state index contributed by atoms with van der Waals surface area (Å²) < 4.78 is 7.07. The molecule has 2 aromatic heterocycles. The highest BCUT2D eigenvalue weighted by Gasteiger charge is 2.28. The maximum Gasteiger partial charge on any atom is 0.269 e. The molecule has 1 aliphatic heterocycles. The highest BCUT2D eigenvalue weighted by atomic mass is 32.1. The van der Waals surface area contributed by atoms with Gasteiger partial charge < -0.3 is 4.42 Å². The Kier molecular flexibility index (Phi) is 4.97. The molecule has 8 nitrogen and oxygen atoms in total. The van der Waals surface area contributed by atoms with Gasteiger partial charge in [-0.1, -0.05) is 18.6 Å². The molecule has 0 N–H and O–H groups in total. The molecular formula is C21H19N5O3S. The monoisotopic (exact) mass is 421 g/mol. The Morgan fingerprint density at radius 2 is 1.97 bits per heavy atom. The van der Waals surface area contributed by atoms with Crippen LogP contribution >= 0.6 is 11.3 Å². The van der Waals surface area contributed by atoms with Crippen LogP contribution in [-0.2, 0) is 6.54 Å². The van der Waals surface area contributed by atoms with Crippen molar-refractivity contribution >= 4 is 27.2 Å². The van der Waals surface area contributed by atoms with Crippen molar-refractivity contribution in [3.63, 3.8) is 0 Å². The van der Waals surface area contributed by atoms with Crippen LogP contribution in [0.5, 0.6) is 0 Å². The number of likely N-dealkylation sites (tertiary alicyclic amines) is 1. The third-order valence-electron chi connectivity index (χ3n) is 5.34. The third kappa shape index (κ3) is 3.69. The van der Waals surface area contributed by atoms with Gasteiger partial charge in [-0.15, -0.1) is 21.5 Å². The van der Waals surface area contributed by atoms with Crippen LogP contribution in [0.2, 0.25) is 0 Å². The third-order valence-corrected chi connectivity index (χ3v) is 6.48. The van der Waals surface area contributed by atoms with Crippen LogP contribution in [0.3, 0.4) is 0 Å². The summed E-state index contributed by atoms with van der Waals surface area (Å²) in [6.45, 7) is 1.51. The van der Waals surface area contributed by atoms with E-state index >= 15 is 0 Å². The summed E-state index contributed by atoms with van der Waals surface area (Å²) in [4.78, 5) is 17.6. The maximum absolute atomic E-state index is 10.8. The number of hydrogen-bond acceptors (Lipinski definition) is 8. The molecule has 2 aromatic carbocycles. The van der Waals surface area contributed by atoms with E-state index in [0.717, 1.165) is 29.9 Å². The topological polar surface area (TPSA) is 98.2 Å². The second-order valence-electron chi connectivity index (χ2n) is 7.31. The highest BCUT2D eigenvalue weighted by molar-refractivity contribution is 7.18.